The summed E-state index contributed by atoms with van der Waals surface area (Å²) in [6, 6.07) is 54.7. The number of hydrogen-bond acceptors (Lipinski definition) is 2. The van der Waals surface area contributed by atoms with E-state index in [0.717, 1.165) is 33.1 Å². The van der Waals surface area contributed by atoms with Gasteiger partial charge in [0, 0.05) is 21.5 Å². The Bertz CT molecular complexity index is 3120. The molecular weight excluding hydrogens is 597 g/mol. The van der Waals surface area contributed by atoms with E-state index in [0.29, 0.717) is 0 Å². The van der Waals surface area contributed by atoms with E-state index in [1.807, 2.05) is 0 Å². The van der Waals surface area contributed by atoms with E-state index >= 15 is 0 Å². The highest BCUT2D eigenvalue weighted by atomic mass is 16.3. The summed E-state index contributed by atoms with van der Waals surface area (Å²) in [5.41, 5.74) is 9.76. The van der Waals surface area contributed by atoms with Gasteiger partial charge in [0.2, 0.25) is 0 Å². The molecule has 0 aliphatic rings. The number of benzene rings is 9. The van der Waals surface area contributed by atoms with Gasteiger partial charge < -0.3 is 8.83 Å². The molecule has 0 radical (unpaired) electrons. The number of furan rings is 2. The third kappa shape index (κ3) is 3.71. The fraction of sp³-hybridized carbons (Fsp3) is 0.0213. The Balaban J connectivity index is 1.23. The number of aryl methyl sites for hydroxylation is 1. The third-order valence-corrected chi connectivity index (χ3v) is 10.6. The van der Waals surface area contributed by atoms with Crippen LogP contribution in [0.1, 0.15) is 5.56 Å². The Morgan fingerprint density at radius 3 is 1.41 bits per heavy atom. The fourth-order valence-corrected chi connectivity index (χ4v) is 8.40. The molecule has 0 bridgehead atoms. The molecule has 2 heteroatoms. The van der Waals surface area contributed by atoms with Crippen molar-refractivity contribution >= 4 is 87.0 Å². The second kappa shape index (κ2) is 9.82. The topological polar surface area (TPSA) is 26.3 Å². The van der Waals surface area contributed by atoms with Gasteiger partial charge in [-0.25, -0.2) is 0 Å². The van der Waals surface area contributed by atoms with Gasteiger partial charge in [0.25, 0.3) is 0 Å². The molecule has 0 N–H and O–H groups in total. The summed E-state index contributed by atoms with van der Waals surface area (Å²) in [6.07, 6.45) is 0. The fourth-order valence-electron chi connectivity index (χ4n) is 8.40. The maximum absolute atomic E-state index is 6.46. The van der Waals surface area contributed by atoms with Crippen molar-refractivity contribution in [3.8, 4) is 22.3 Å². The maximum atomic E-state index is 6.46. The van der Waals surface area contributed by atoms with E-state index in [-0.39, 0.29) is 0 Å². The first-order valence-electron chi connectivity index (χ1n) is 16.8. The molecule has 228 valence electrons. The largest absolute Gasteiger partial charge is 0.456 e. The van der Waals surface area contributed by atoms with Crippen LogP contribution in [0.25, 0.3) is 109 Å². The van der Waals surface area contributed by atoms with Gasteiger partial charge in [0.15, 0.2) is 0 Å². The van der Waals surface area contributed by atoms with Gasteiger partial charge in [-0.1, -0.05) is 115 Å². The van der Waals surface area contributed by atoms with Gasteiger partial charge in [-0.05, 0) is 114 Å². The van der Waals surface area contributed by atoms with Crippen LogP contribution in [0.15, 0.2) is 160 Å². The van der Waals surface area contributed by atoms with Gasteiger partial charge in [-0.15, -0.1) is 0 Å². The molecule has 2 heterocycles. The summed E-state index contributed by atoms with van der Waals surface area (Å²) in [5, 5.41) is 14.4. The van der Waals surface area contributed by atoms with E-state index < -0.39 is 0 Å². The normalized spacial score (nSPS) is 12.2. The molecule has 49 heavy (non-hydrogen) atoms. The predicted octanol–water partition coefficient (Wildman–Crippen LogP) is 13.7. The highest BCUT2D eigenvalue weighted by Crippen LogP contribution is 2.47. The lowest BCUT2D eigenvalue weighted by atomic mass is 9.84. The second-order valence-corrected chi connectivity index (χ2v) is 13.2. The van der Waals surface area contributed by atoms with E-state index in [1.165, 1.54) is 81.7 Å². The minimum atomic E-state index is 0.907. The molecule has 9 aromatic carbocycles. The summed E-state index contributed by atoms with van der Waals surface area (Å²) in [6.45, 7) is 2.21. The molecule has 11 rings (SSSR count). The Morgan fingerprint density at radius 2 is 0.816 bits per heavy atom. The van der Waals surface area contributed by atoms with Crippen molar-refractivity contribution in [2.24, 2.45) is 0 Å². The molecular formula is C47H28O2. The molecule has 0 atom stereocenters. The summed E-state index contributed by atoms with van der Waals surface area (Å²) in [4.78, 5) is 0. The van der Waals surface area contributed by atoms with Gasteiger partial charge in [-0.3, -0.25) is 0 Å². The number of rotatable bonds is 2. The molecule has 2 aromatic heterocycles. The van der Waals surface area contributed by atoms with Crippen LogP contribution < -0.4 is 0 Å². The van der Waals surface area contributed by atoms with Crippen LogP contribution in [0.4, 0.5) is 0 Å². The van der Waals surface area contributed by atoms with E-state index in [9.17, 15) is 0 Å². The zero-order chi connectivity index (χ0) is 32.2. The van der Waals surface area contributed by atoms with E-state index in [1.54, 1.807) is 0 Å². The van der Waals surface area contributed by atoms with Gasteiger partial charge in [-0.2, -0.15) is 0 Å². The van der Waals surface area contributed by atoms with Gasteiger partial charge in [0.05, 0.1) is 0 Å². The highest BCUT2D eigenvalue weighted by Gasteiger charge is 2.21. The molecule has 0 fully saturated rings. The average molecular weight is 625 g/mol. The van der Waals surface area contributed by atoms with Crippen LogP contribution in [0.2, 0.25) is 0 Å². The first-order valence-corrected chi connectivity index (χ1v) is 16.8. The summed E-state index contributed by atoms with van der Waals surface area (Å²) < 4.78 is 12.9. The minimum absolute atomic E-state index is 0.907. The van der Waals surface area contributed by atoms with Crippen LogP contribution in [0.5, 0.6) is 0 Å². The third-order valence-electron chi connectivity index (χ3n) is 10.6. The first-order chi connectivity index (χ1) is 24.2. The monoisotopic (exact) mass is 624 g/mol. The molecule has 0 amide bonds. The average Bonchev–Trinajstić information content (AvgIpc) is 3.71. The van der Waals surface area contributed by atoms with Crippen molar-refractivity contribution < 1.29 is 8.83 Å². The maximum Gasteiger partial charge on any atom is 0.136 e. The predicted molar refractivity (Wildman–Crippen MR) is 207 cm³/mol. The lowest BCUT2D eigenvalue weighted by molar-refractivity contribution is 0.668. The number of fused-ring (bicyclic) bond motifs is 12. The molecule has 0 spiro atoms. The quantitative estimate of drug-likeness (QED) is 0.179. The van der Waals surface area contributed by atoms with E-state index in [2.05, 4.69) is 159 Å². The molecule has 0 unspecified atom stereocenters. The number of hydrogen-bond donors (Lipinski definition) is 0. The summed E-state index contributed by atoms with van der Waals surface area (Å²) in [5.74, 6) is 0. The van der Waals surface area contributed by atoms with Crippen LogP contribution >= 0.6 is 0 Å². The van der Waals surface area contributed by atoms with Crippen molar-refractivity contribution in [1.82, 2.24) is 0 Å². The van der Waals surface area contributed by atoms with Crippen molar-refractivity contribution in [2.75, 3.05) is 0 Å². The SMILES string of the molecule is Cc1cc2oc3ccc4ccccc4c3c2cc1-c1c2ccccc2c(-c2ccc3oc4ccc5ccccc5c4c3c2)c2ccccc12. The standard InChI is InChI=1S/C47H28O2/c1-27-24-43-39(47-32-13-5-3-11-29(32)19-23-42(47)49-43)26-37(27)45-35-16-8-6-14-33(35)44(34-15-7-9-17-36(34)45)30-20-21-40-38(25-30)46-31-12-4-2-10-28(31)18-22-41(46)48-40/h2-26H,1H3. The summed E-state index contributed by atoms with van der Waals surface area (Å²) in [7, 11) is 0. The molecule has 0 saturated heterocycles. The Morgan fingerprint density at radius 1 is 0.347 bits per heavy atom. The van der Waals surface area contributed by atoms with Crippen molar-refractivity contribution in [3.63, 3.8) is 0 Å². The Hall–Kier alpha value is -6.38. The first kappa shape index (κ1) is 26.7. The zero-order valence-corrected chi connectivity index (χ0v) is 26.8. The van der Waals surface area contributed by atoms with Crippen LogP contribution in [0, 0.1) is 6.92 Å². The Labute approximate surface area is 281 Å². The lowest BCUT2D eigenvalue weighted by Crippen LogP contribution is -1.92. The minimum Gasteiger partial charge on any atom is -0.456 e. The molecule has 2 nitrogen and oxygen atoms in total. The van der Waals surface area contributed by atoms with Gasteiger partial charge >= 0.3 is 0 Å². The second-order valence-electron chi connectivity index (χ2n) is 13.2. The zero-order valence-electron chi connectivity index (χ0n) is 26.8. The van der Waals surface area contributed by atoms with Crippen molar-refractivity contribution in [3.05, 3.63) is 157 Å². The molecule has 0 saturated carbocycles. The smallest absolute Gasteiger partial charge is 0.136 e. The van der Waals surface area contributed by atoms with Crippen LogP contribution in [-0.2, 0) is 0 Å². The summed E-state index contributed by atoms with van der Waals surface area (Å²) >= 11 is 0. The van der Waals surface area contributed by atoms with E-state index in [4.69, 9.17) is 8.83 Å². The molecule has 0 aliphatic heterocycles. The molecule has 0 aliphatic carbocycles. The van der Waals surface area contributed by atoms with Crippen molar-refractivity contribution in [1.29, 1.82) is 0 Å². The molecule has 11 aromatic rings. The van der Waals surface area contributed by atoms with Gasteiger partial charge in [0.1, 0.15) is 22.3 Å². The van der Waals surface area contributed by atoms with Crippen LogP contribution in [-0.4, -0.2) is 0 Å². The van der Waals surface area contributed by atoms with Crippen LogP contribution in [0.3, 0.4) is 0 Å². The van der Waals surface area contributed by atoms with Crippen molar-refractivity contribution in [2.45, 2.75) is 6.92 Å². The Kier molecular flexibility index (Phi) is 5.34. The highest BCUT2D eigenvalue weighted by molar-refractivity contribution is 6.25. The lowest BCUT2D eigenvalue weighted by Gasteiger charge is -2.19.